The van der Waals surface area contributed by atoms with Crippen molar-refractivity contribution < 1.29 is 0 Å². The van der Waals surface area contributed by atoms with Crippen LogP contribution in [-0.2, 0) is 12.8 Å². The zero-order valence-electron chi connectivity index (χ0n) is 31.5. The van der Waals surface area contributed by atoms with Crippen molar-refractivity contribution >= 4 is 70.9 Å². The monoisotopic (exact) mass is 780 g/mol. The van der Waals surface area contributed by atoms with Crippen LogP contribution in [0.15, 0.2) is 175 Å². The first-order chi connectivity index (χ1) is 28.7. The number of rotatable bonds is 4. The normalized spacial score (nSPS) is 19.0. The molecule has 4 aliphatic rings. The van der Waals surface area contributed by atoms with Crippen molar-refractivity contribution in [3.05, 3.63) is 192 Å². The van der Waals surface area contributed by atoms with Gasteiger partial charge in [-0.25, -0.2) is 4.98 Å². The SMILES string of the molecule is C1=CC(c2ccc3sc4ccccc4c3c2)NC(n2c3c(c4ccccc42)CCc2c-3c3ccccc3n2-c2cccc(-c3ccc4c(c3)C3C=CC=CC3S4)n2)=C1. The van der Waals surface area contributed by atoms with Crippen LogP contribution in [0.3, 0.4) is 0 Å². The van der Waals surface area contributed by atoms with Crippen LogP contribution in [0.4, 0.5) is 0 Å². The Morgan fingerprint density at radius 2 is 1.45 bits per heavy atom. The fourth-order valence-corrected chi connectivity index (χ4v) is 12.5. The van der Waals surface area contributed by atoms with Gasteiger partial charge in [-0.3, -0.25) is 9.13 Å². The predicted octanol–water partition coefficient (Wildman–Crippen LogP) is 13.2. The van der Waals surface area contributed by atoms with Crippen molar-refractivity contribution in [2.24, 2.45) is 0 Å². The highest BCUT2D eigenvalue weighted by atomic mass is 32.2. The van der Waals surface area contributed by atoms with Crippen LogP contribution in [0.1, 0.15) is 34.3 Å². The molecular weight excluding hydrogens is 745 g/mol. The molecule has 4 nitrogen and oxygen atoms in total. The van der Waals surface area contributed by atoms with Crippen LogP contribution >= 0.6 is 23.1 Å². The number of aromatic nitrogens is 3. The topological polar surface area (TPSA) is 34.8 Å². The van der Waals surface area contributed by atoms with E-state index in [-0.39, 0.29) is 6.04 Å². The highest BCUT2D eigenvalue weighted by molar-refractivity contribution is 8.00. The Labute approximate surface area is 344 Å². The van der Waals surface area contributed by atoms with Crippen LogP contribution in [0.25, 0.3) is 76.1 Å². The average molecular weight is 781 g/mol. The summed E-state index contributed by atoms with van der Waals surface area (Å²) in [6, 6.07) is 47.1. The molecule has 13 rings (SSSR count). The Bertz CT molecular complexity index is 3330. The van der Waals surface area contributed by atoms with E-state index in [9.17, 15) is 0 Å². The summed E-state index contributed by atoms with van der Waals surface area (Å²) in [5.74, 6) is 2.47. The van der Waals surface area contributed by atoms with Crippen molar-refractivity contribution in [3.8, 4) is 28.3 Å². The number of hydrogen-bond donors (Lipinski definition) is 1. The number of hydrogen-bond acceptors (Lipinski definition) is 4. The van der Waals surface area contributed by atoms with E-state index >= 15 is 0 Å². The quantitative estimate of drug-likeness (QED) is 0.193. The van der Waals surface area contributed by atoms with Crippen LogP contribution in [0.5, 0.6) is 0 Å². The number of pyridine rings is 1. The molecule has 3 atom stereocenters. The van der Waals surface area contributed by atoms with Gasteiger partial charge in [0.05, 0.1) is 28.5 Å². The highest BCUT2D eigenvalue weighted by Crippen LogP contribution is 2.50. The molecular formula is C52H36N4S2. The van der Waals surface area contributed by atoms with E-state index < -0.39 is 0 Å². The molecule has 0 saturated heterocycles. The molecule has 0 saturated carbocycles. The van der Waals surface area contributed by atoms with Gasteiger partial charge >= 0.3 is 0 Å². The Balaban J connectivity index is 0.945. The Morgan fingerprint density at radius 3 is 2.38 bits per heavy atom. The lowest BCUT2D eigenvalue weighted by Crippen LogP contribution is -2.24. The number of thiophene rings is 1. The molecule has 5 aromatic carbocycles. The summed E-state index contributed by atoms with van der Waals surface area (Å²) >= 11 is 3.84. The lowest BCUT2D eigenvalue weighted by atomic mass is 9.91. The Kier molecular flexibility index (Phi) is 7.10. The van der Waals surface area contributed by atoms with Crippen LogP contribution in [-0.4, -0.2) is 19.4 Å². The average Bonchev–Trinajstić information content (AvgIpc) is 4.03. The van der Waals surface area contributed by atoms with Crippen molar-refractivity contribution in [2.45, 2.75) is 34.9 Å². The number of benzene rings is 5. The van der Waals surface area contributed by atoms with E-state index in [2.05, 4.69) is 184 Å². The van der Waals surface area contributed by atoms with Crippen LogP contribution in [0.2, 0.25) is 0 Å². The van der Waals surface area contributed by atoms with E-state index in [1.54, 1.807) is 0 Å². The minimum absolute atomic E-state index is 0.0329. The molecule has 2 aliphatic carbocycles. The highest BCUT2D eigenvalue weighted by Gasteiger charge is 2.33. The van der Waals surface area contributed by atoms with E-state index in [1.165, 1.54) is 86.1 Å². The van der Waals surface area contributed by atoms with Gasteiger partial charge in [0.1, 0.15) is 11.6 Å². The second-order valence-corrected chi connectivity index (χ2v) is 18.1. The second-order valence-electron chi connectivity index (χ2n) is 15.8. The van der Waals surface area contributed by atoms with E-state index in [0.29, 0.717) is 11.2 Å². The zero-order chi connectivity index (χ0) is 37.9. The summed E-state index contributed by atoms with van der Waals surface area (Å²) in [6.07, 6.45) is 17.7. The summed E-state index contributed by atoms with van der Waals surface area (Å²) in [4.78, 5) is 6.83. The van der Waals surface area contributed by atoms with Gasteiger partial charge in [0.25, 0.3) is 0 Å². The zero-order valence-corrected chi connectivity index (χ0v) is 33.1. The molecule has 6 heterocycles. The predicted molar refractivity (Wildman–Crippen MR) is 244 cm³/mol. The lowest BCUT2D eigenvalue weighted by molar-refractivity contribution is 0.732. The van der Waals surface area contributed by atoms with Gasteiger partial charge in [-0.15, -0.1) is 23.1 Å². The smallest absolute Gasteiger partial charge is 0.138 e. The second kappa shape index (κ2) is 12.6. The van der Waals surface area contributed by atoms with Crippen LogP contribution in [0, 0.1) is 0 Å². The third kappa shape index (κ3) is 4.79. The van der Waals surface area contributed by atoms with Gasteiger partial charge in [-0.1, -0.05) is 109 Å². The first-order valence-corrected chi connectivity index (χ1v) is 21.9. The number of allylic oxidation sites excluding steroid dienone is 5. The fraction of sp³-hybridized carbons (Fsp3) is 0.0962. The number of nitrogens with zero attached hydrogens (tertiary/aromatic N) is 3. The van der Waals surface area contributed by atoms with E-state index in [0.717, 1.165) is 30.2 Å². The van der Waals surface area contributed by atoms with Gasteiger partial charge in [0.15, 0.2) is 0 Å². The molecule has 4 aromatic heterocycles. The fourth-order valence-electron chi connectivity index (χ4n) is 10.1. The van der Waals surface area contributed by atoms with Crippen molar-refractivity contribution in [1.82, 2.24) is 19.4 Å². The summed E-state index contributed by atoms with van der Waals surface area (Å²) in [5, 5.41) is 9.71. The lowest BCUT2D eigenvalue weighted by Gasteiger charge is -2.26. The molecule has 9 aromatic rings. The number of fused-ring (bicyclic) bond motifs is 13. The minimum atomic E-state index is 0.0329. The van der Waals surface area contributed by atoms with Crippen molar-refractivity contribution in [2.75, 3.05) is 0 Å². The van der Waals surface area contributed by atoms with E-state index in [4.69, 9.17) is 4.98 Å². The number of aryl methyl sites for hydroxylation is 1. The Hall–Kier alpha value is -6.34. The van der Waals surface area contributed by atoms with Gasteiger partial charge in [-0.2, -0.15) is 0 Å². The molecule has 6 heteroatoms. The summed E-state index contributed by atoms with van der Waals surface area (Å²) in [6.45, 7) is 0. The summed E-state index contributed by atoms with van der Waals surface area (Å²) < 4.78 is 7.61. The molecule has 58 heavy (non-hydrogen) atoms. The molecule has 0 fully saturated rings. The van der Waals surface area contributed by atoms with Crippen LogP contribution < -0.4 is 5.32 Å². The first-order valence-electron chi connectivity index (χ1n) is 20.2. The Morgan fingerprint density at radius 1 is 0.638 bits per heavy atom. The molecule has 2 aliphatic heterocycles. The van der Waals surface area contributed by atoms with Gasteiger partial charge < -0.3 is 5.32 Å². The molecule has 0 amide bonds. The summed E-state index contributed by atoms with van der Waals surface area (Å²) in [5.41, 5.74) is 12.6. The molecule has 0 radical (unpaired) electrons. The maximum atomic E-state index is 5.45. The molecule has 3 unspecified atom stereocenters. The molecule has 0 bridgehead atoms. The number of para-hydroxylation sites is 2. The molecule has 276 valence electrons. The third-order valence-corrected chi connectivity index (χ3v) is 15.1. The maximum absolute atomic E-state index is 5.45. The van der Waals surface area contributed by atoms with Crippen molar-refractivity contribution in [3.63, 3.8) is 0 Å². The largest absolute Gasteiger partial charge is 0.361 e. The number of nitrogens with one attached hydrogen (secondary N) is 1. The molecule has 1 N–H and O–H groups in total. The number of dihydropyridines is 1. The minimum Gasteiger partial charge on any atom is -0.361 e. The van der Waals surface area contributed by atoms with Crippen molar-refractivity contribution in [1.29, 1.82) is 0 Å². The number of thioether (sulfide) groups is 1. The van der Waals surface area contributed by atoms with Gasteiger partial charge in [-0.05, 0) is 90.2 Å². The maximum Gasteiger partial charge on any atom is 0.138 e. The van der Waals surface area contributed by atoms with E-state index in [1.807, 2.05) is 23.1 Å². The van der Waals surface area contributed by atoms with Gasteiger partial charge in [0, 0.05) is 63.8 Å². The standard InChI is InChI=1S/C52H36N4S2/c1-5-17-42-33(11-1)36-25-26-44-51(52(36)56(42)50-22-10-16-41(54-50)32-24-28-48-39(30-32)35-13-4-8-20-46(35)58-48)37-14-2-6-18-43(37)55(44)49-21-9-15-40(53-49)31-23-27-47-38(29-31)34-12-3-7-19-45(34)57-47/h1-24,27-30,34,41,45,54H,25-26H2. The third-order valence-electron chi connectivity index (χ3n) is 12.6. The van der Waals surface area contributed by atoms with Gasteiger partial charge in [0.2, 0.25) is 0 Å². The molecule has 0 spiro atoms. The summed E-state index contributed by atoms with van der Waals surface area (Å²) in [7, 11) is 0. The first kappa shape index (κ1) is 32.7.